The molecular weight excluding hydrogens is 290 g/mol. The summed E-state index contributed by atoms with van der Waals surface area (Å²) in [6, 6.07) is 13.6. The van der Waals surface area contributed by atoms with Gasteiger partial charge in [0.15, 0.2) is 0 Å². The zero-order valence-corrected chi connectivity index (χ0v) is 18.2. The molecule has 2 nitrogen and oxygen atoms in total. The molecule has 0 bridgehead atoms. The van der Waals surface area contributed by atoms with E-state index in [-0.39, 0.29) is 120 Å². The standard InChI is InChI=1S/C15H16O2.2K/c1-15(2,11-3-7-13(16)8-4-11)12-5-9-14(17)10-6-12;;/h3-10,16-17H,1-2H3;;/q;2*+1/p-2. The molecule has 0 aliphatic carbocycles. The van der Waals surface area contributed by atoms with Crippen LogP contribution in [0.1, 0.15) is 25.0 Å². The molecule has 2 aromatic rings. The van der Waals surface area contributed by atoms with Crippen molar-refractivity contribution < 1.29 is 113 Å². The zero-order chi connectivity index (χ0) is 12.5. The minimum Gasteiger partial charge on any atom is -0.872 e. The van der Waals surface area contributed by atoms with Gasteiger partial charge in [0.25, 0.3) is 0 Å². The molecule has 0 saturated carbocycles. The third-order valence-electron chi connectivity index (χ3n) is 3.15. The summed E-state index contributed by atoms with van der Waals surface area (Å²) in [6.07, 6.45) is 0. The van der Waals surface area contributed by atoms with Crippen LogP contribution >= 0.6 is 0 Å². The molecule has 0 aliphatic rings. The van der Waals surface area contributed by atoms with Crippen LogP contribution in [0.5, 0.6) is 11.5 Å². The quantitative estimate of drug-likeness (QED) is 0.534. The first-order valence-corrected chi connectivity index (χ1v) is 5.55. The Kier molecular flexibility index (Phi) is 9.28. The summed E-state index contributed by atoms with van der Waals surface area (Å²) in [5.74, 6) is 0.0268. The van der Waals surface area contributed by atoms with Crippen molar-refractivity contribution in [1.82, 2.24) is 0 Å². The summed E-state index contributed by atoms with van der Waals surface area (Å²) >= 11 is 0. The maximum Gasteiger partial charge on any atom is 1.00 e. The summed E-state index contributed by atoms with van der Waals surface area (Å²) < 4.78 is 0. The first-order valence-electron chi connectivity index (χ1n) is 5.55. The fraction of sp³-hybridized carbons (Fsp3) is 0.200. The zero-order valence-electron chi connectivity index (χ0n) is 11.9. The summed E-state index contributed by atoms with van der Waals surface area (Å²) in [5.41, 5.74) is 1.92. The average Bonchev–Trinajstić information content (AvgIpc) is 2.30. The molecule has 0 heterocycles. The molecule has 2 rings (SSSR count). The number of hydrogen-bond donors (Lipinski definition) is 0. The van der Waals surface area contributed by atoms with Crippen LogP contribution in [0.25, 0.3) is 0 Å². The first kappa shape index (κ1) is 20.3. The minimum absolute atomic E-state index is 0. The second-order valence-corrected chi connectivity index (χ2v) is 4.67. The number of rotatable bonds is 2. The summed E-state index contributed by atoms with van der Waals surface area (Å²) in [5, 5.41) is 22.2. The topological polar surface area (TPSA) is 46.1 Å². The van der Waals surface area contributed by atoms with E-state index in [0.29, 0.717) is 0 Å². The molecule has 0 radical (unpaired) electrons. The molecule has 0 unspecified atom stereocenters. The molecule has 0 fully saturated rings. The van der Waals surface area contributed by atoms with Crippen molar-refractivity contribution in [3.8, 4) is 11.5 Å². The maximum atomic E-state index is 11.1. The van der Waals surface area contributed by atoms with Gasteiger partial charge in [0.1, 0.15) is 0 Å². The Balaban J connectivity index is 0.00000162. The normalized spacial score (nSPS) is 10.2. The van der Waals surface area contributed by atoms with Gasteiger partial charge in [-0.25, -0.2) is 0 Å². The van der Waals surface area contributed by atoms with Gasteiger partial charge in [0, 0.05) is 5.41 Å². The fourth-order valence-electron chi connectivity index (χ4n) is 1.91. The van der Waals surface area contributed by atoms with Crippen molar-refractivity contribution in [2.75, 3.05) is 0 Å². The van der Waals surface area contributed by atoms with Crippen molar-refractivity contribution >= 4 is 0 Å². The molecule has 0 spiro atoms. The van der Waals surface area contributed by atoms with Crippen LogP contribution in [-0.2, 0) is 5.41 Å². The van der Waals surface area contributed by atoms with Crippen LogP contribution in [-0.4, -0.2) is 0 Å². The van der Waals surface area contributed by atoms with Gasteiger partial charge in [0.05, 0.1) is 0 Å². The summed E-state index contributed by atoms with van der Waals surface area (Å²) in [6.45, 7) is 4.15. The first-order chi connectivity index (χ1) is 8.00. The third kappa shape index (κ3) is 5.22. The van der Waals surface area contributed by atoms with E-state index in [0.717, 1.165) is 11.1 Å². The second kappa shape index (κ2) is 8.68. The molecule has 0 saturated heterocycles. The number of hydrogen-bond acceptors (Lipinski definition) is 2. The van der Waals surface area contributed by atoms with Gasteiger partial charge in [-0.2, -0.15) is 0 Å². The molecule has 2 aromatic carbocycles. The van der Waals surface area contributed by atoms with Crippen LogP contribution < -0.4 is 113 Å². The van der Waals surface area contributed by atoms with Crippen molar-refractivity contribution in [1.29, 1.82) is 0 Å². The molecule has 4 heteroatoms. The predicted molar refractivity (Wildman–Crippen MR) is 63.9 cm³/mol. The van der Waals surface area contributed by atoms with Crippen LogP contribution in [0.4, 0.5) is 0 Å². The molecule has 19 heavy (non-hydrogen) atoms. The van der Waals surface area contributed by atoms with E-state index in [1.165, 1.54) is 0 Å². The molecule has 0 atom stereocenters. The summed E-state index contributed by atoms with van der Waals surface area (Å²) in [4.78, 5) is 0. The van der Waals surface area contributed by atoms with Crippen LogP contribution in [0.15, 0.2) is 48.5 Å². The Morgan fingerprint density at radius 1 is 0.632 bits per heavy atom. The van der Waals surface area contributed by atoms with Gasteiger partial charge in [0.2, 0.25) is 0 Å². The smallest absolute Gasteiger partial charge is 0.872 e. The Morgan fingerprint density at radius 2 is 0.895 bits per heavy atom. The van der Waals surface area contributed by atoms with Crippen molar-refractivity contribution in [3.05, 3.63) is 59.7 Å². The fourth-order valence-corrected chi connectivity index (χ4v) is 1.91. The number of benzene rings is 2. The second-order valence-electron chi connectivity index (χ2n) is 4.67. The molecule has 0 aromatic heterocycles. The van der Waals surface area contributed by atoms with Gasteiger partial charge in [-0.05, 0) is 11.1 Å². The van der Waals surface area contributed by atoms with E-state index < -0.39 is 0 Å². The van der Waals surface area contributed by atoms with Crippen LogP contribution in [0.3, 0.4) is 0 Å². The Labute approximate surface area is 199 Å². The Morgan fingerprint density at radius 3 is 1.16 bits per heavy atom. The van der Waals surface area contributed by atoms with E-state index in [1.807, 2.05) is 24.3 Å². The van der Waals surface area contributed by atoms with E-state index in [1.54, 1.807) is 24.3 Å². The molecule has 0 amide bonds. The predicted octanol–water partition coefficient (Wildman–Crippen LogP) is -3.83. The van der Waals surface area contributed by atoms with Gasteiger partial charge in [-0.1, -0.05) is 62.4 Å². The SMILES string of the molecule is CC(C)(c1ccc([O-])cc1)c1ccc([O-])cc1.[K+].[K+]. The van der Waals surface area contributed by atoms with Gasteiger partial charge >= 0.3 is 103 Å². The Hall–Kier alpha value is 1.31. The van der Waals surface area contributed by atoms with Crippen molar-refractivity contribution in [2.45, 2.75) is 19.3 Å². The maximum absolute atomic E-state index is 11.1. The van der Waals surface area contributed by atoms with Gasteiger partial charge in [-0.15, -0.1) is 11.5 Å². The summed E-state index contributed by atoms with van der Waals surface area (Å²) in [7, 11) is 0. The van der Waals surface area contributed by atoms with Crippen molar-refractivity contribution in [3.63, 3.8) is 0 Å². The third-order valence-corrected chi connectivity index (χ3v) is 3.15. The molecule has 0 N–H and O–H groups in total. The van der Waals surface area contributed by atoms with Crippen molar-refractivity contribution in [2.24, 2.45) is 0 Å². The van der Waals surface area contributed by atoms with Gasteiger partial charge in [-0.3, -0.25) is 0 Å². The van der Waals surface area contributed by atoms with E-state index in [2.05, 4.69) is 13.8 Å². The van der Waals surface area contributed by atoms with E-state index in [4.69, 9.17) is 0 Å². The molecule has 0 aliphatic heterocycles. The minimum atomic E-state index is -0.207. The molecular formula is C15H14K2O2. The van der Waals surface area contributed by atoms with Crippen LogP contribution in [0.2, 0.25) is 0 Å². The Bertz CT molecular complexity index is 457. The monoisotopic (exact) mass is 304 g/mol. The average molecular weight is 304 g/mol. The van der Waals surface area contributed by atoms with Crippen LogP contribution in [0, 0.1) is 0 Å². The van der Waals surface area contributed by atoms with E-state index in [9.17, 15) is 10.2 Å². The van der Waals surface area contributed by atoms with E-state index >= 15 is 0 Å². The van der Waals surface area contributed by atoms with Gasteiger partial charge < -0.3 is 10.2 Å². The largest absolute Gasteiger partial charge is 1.00 e. The molecule has 88 valence electrons.